The molecule has 0 fully saturated rings. The third kappa shape index (κ3) is 3.08. The molecule has 20 heavy (non-hydrogen) atoms. The van der Waals surface area contributed by atoms with Crippen molar-refractivity contribution in [1.29, 1.82) is 5.26 Å². The fourth-order valence-electron chi connectivity index (χ4n) is 1.76. The molecule has 0 unspecified atom stereocenters. The maximum absolute atomic E-state index is 9.45. The van der Waals surface area contributed by atoms with Gasteiger partial charge in [-0.2, -0.15) is 5.26 Å². The van der Waals surface area contributed by atoms with E-state index in [1.807, 2.05) is 6.07 Å². The molecule has 0 aromatic heterocycles. The molecule has 2 rings (SSSR count). The summed E-state index contributed by atoms with van der Waals surface area (Å²) in [6.45, 7) is 1.71. The number of aliphatic hydroxyl groups is 1. The highest BCUT2D eigenvalue weighted by molar-refractivity contribution is 5.48. The second kappa shape index (κ2) is 6.09. The number of methoxy groups -OCH3 is 1. The molecule has 2 aromatic carbocycles. The maximum atomic E-state index is 9.45. The molecule has 102 valence electrons. The summed E-state index contributed by atoms with van der Waals surface area (Å²) in [5.74, 6) is 1.68. The first kappa shape index (κ1) is 13.9. The molecular weight excluding hydrogens is 254 g/mol. The molecule has 0 bridgehead atoms. The van der Waals surface area contributed by atoms with Crippen molar-refractivity contribution in [2.75, 3.05) is 7.11 Å². The minimum atomic E-state index is -0.506. The number of hydrogen-bond donors (Lipinski definition) is 1. The normalized spacial score (nSPS) is 11.5. The Kier molecular flexibility index (Phi) is 4.24. The van der Waals surface area contributed by atoms with Gasteiger partial charge in [0.2, 0.25) is 0 Å². The lowest BCUT2D eigenvalue weighted by Gasteiger charge is -2.11. The van der Waals surface area contributed by atoms with Gasteiger partial charge in [-0.25, -0.2) is 0 Å². The Morgan fingerprint density at radius 2 is 1.80 bits per heavy atom. The molecule has 0 saturated carbocycles. The van der Waals surface area contributed by atoms with E-state index in [-0.39, 0.29) is 0 Å². The summed E-state index contributed by atoms with van der Waals surface area (Å²) in [7, 11) is 1.53. The number of benzene rings is 2. The lowest BCUT2D eigenvalue weighted by Crippen LogP contribution is -1.93. The molecule has 2 aromatic rings. The van der Waals surface area contributed by atoms with Gasteiger partial charge in [0.25, 0.3) is 0 Å². The van der Waals surface area contributed by atoms with Crippen LogP contribution in [0.2, 0.25) is 0 Å². The molecular formula is C16H15NO3. The third-order valence-corrected chi connectivity index (χ3v) is 2.88. The van der Waals surface area contributed by atoms with Crippen LogP contribution in [0.1, 0.15) is 24.2 Å². The van der Waals surface area contributed by atoms with Gasteiger partial charge in [-0.1, -0.05) is 12.1 Å². The third-order valence-electron chi connectivity index (χ3n) is 2.88. The Hall–Kier alpha value is -2.51. The van der Waals surface area contributed by atoms with E-state index in [0.29, 0.717) is 22.8 Å². The summed E-state index contributed by atoms with van der Waals surface area (Å²) in [6, 6.07) is 14.2. The monoisotopic (exact) mass is 269 g/mol. The van der Waals surface area contributed by atoms with Crippen LogP contribution in [0.4, 0.5) is 0 Å². The van der Waals surface area contributed by atoms with Crippen LogP contribution in [-0.2, 0) is 0 Å². The second-order valence-electron chi connectivity index (χ2n) is 4.32. The largest absolute Gasteiger partial charge is 0.493 e. The van der Waals surface area contributed by atoms with E-state index in [0.717, 1.165) is 5.56 Å². The molecule has 0 aliphatic rings. The zero-order chi connectivity index (χ0) is 14.5. The molecule has 0 aliphatic carbocycles. The average Bonchev–Trinajstić information content (AvgIpc) is 2.48. The summed E-state index contributed by atoms with van der Waals surface area (Å²) in [4.78, 5) is 0. The van der Waals surface area contributed by atoms with E-state index in [9.17, 15) is 5.11 Å². The smallest absolute Gasteiger partial charge is 0.169 e. The van der Waals surface area contributed by atoms with Crippen LogP contribution in [0, 0.1) is 11.3 Å². The lowest BCUT2D eigenvalue weighted by atomic mass is 10.1. The number of nitrogens with zero attached hydrogens (tertiary/aromatic N) is 1. The summed E-state index contributed by atoms with van der Waals surface area (Å²) in [6.07, 6.45) is -0.506. The van der Waals surface area contributed by atoms with E-state index in [1.54, 1.807) is 49.4 Å². The predicted molar refractivity (Wildman–Crippen MR) is 74.9 cm³/mol. The molecule has 4 heteroatoms. The van der Waals surface area contributed by atoms with Crippen molar-refractivity contribution < 1.29 is 14.6 Å². The predicted octanol–water partition coefficient (Wildman–Crippen LogP) is 3.41. The topological polar surface area (TPSA) is 62.5 Å². The van der Waals surface area contributed by atoms with Gasteiger partial charge in [-0.05, 0) is 36.8 Å². The van der Waals surface area contributed by atoms with Crippen LogP contribution in [0.3, 0.4) is 0 Å². The Morgan fingerprint density at radius 3 is 2.35 bits per heavy atom. The molecule has 0 aliphatic heterocycles. The number of ether oxygens (including phenoxy) is 2. The maximum Gasteiger partial charge on any atom is 0.169 e. The first-order valence-electron chi connectivity index (χ1n) is 6.18. The molecule has 1 N–H and O–H groups in total. The summed E-state index contributed by atoms with van der Waals surface area (Å²) < 4.78 is 10.9. The van der Waals surface area contributed by atoms with Crippen molar-refractivity contribution in [2.24, 2.45) is 0 Å². The van der Waals surface area contributed by atoms with E-state index >= 15 is 0 Å². The van der Waals surface area contributed by atoms with Crippen molar-refractivity contribution in [3.8, 4) is 23.3 Å². The minimum Gasteiger partial charge on any atom is -0.493 e. The summed E-state index contributed by atoms with van der Waals surface area (Å²) >= 11 is 0. The number of rotatable bonds is 4. The van der Waals surface area contributed by atoms with Gasteiger partial charge >= 0.3 is 0 Å². The van der Waals surface area contributed by atoms with Crippen LogP contribution >= 0.6 is 0 Å². The fourth-order valence-corrected chi connectivity index (χ4v) is 1.76. The summed E-state index contributed by atoms with van der Waals surface area (Å²) in [5.41, 5.74) is 1.34. The lowest BCUT2D eigenvalue weighted by molar-refractivity contribution is 0.199. The number of nitriles is 1. The van der Waals surface area contributed by atoms with Crippen LogP contribution in [0.15, 0.2) is 42.5 Å². The zero-order valence-corrected chi connectivity index (χ0v) is 11.3. The van der Waals surface area contributed by atoms with Crippen molar-refractivity contribution in [3.63, 3.8) is 0 Å². The van der Waals surface area contributed by atoms with E-state index in [4.69, 9.17) is 14.7 Å². The van der Waals surface area contributed by atoms with Gasteiger partial charge in [0.15, 0.2) is 11.5 Å². The first-order chi connectivity index (χ1) is 9.63. The standard InChI is InChI=1S/C16H15NO3/c1-11(18)13-4-6-14(7-5-13)20-15-8-3-12(10-17)9-16(15)19-2/h3-9,11,18H,1-2H3/t11-/m1/s1. The zero-order valence-electron chi connectivity index (χ0n) is 11.3. The van der Waals surface area contributed by atoms with E-state index < -0.39 is 6.10 Å². The molecule has 0 radical (unpaired) electrons. The highest BCUT2D eigenvalue weighted by Crippen LogP contribution is 2.32. The summed E-state index contributed by atoms with van der Waals surface area (Å²) in [5, 5.41) is 18.3. The van der Waals surface area contributed by atoms with Crippen molar-refractivity contribution in [2.45, 2.75) is 13.0 Å². The number of aliphatic hydroxyl groups excluding tert-OH is 1. The van der Waals surface area contributed by atoms with E-state index in [1.165, 1.54) is 7.11 Å². The Labute approximate surface area is 117 Å². The van der Waals surface area contributed by atoms with Crippen LogP contribution < -0.4 is 9.47 Å². The quantitative estimate of drug-likeness (QED) is 0.923. The van der Waals surface area contributed by atoms with Crippen LogP contribution in [0.25, 0.3) is 0 Å². The van der Waals surface area contributed by atoms with Crippen molar-refractivity contribution in [3.05, 3.63) is 53.6 Å². The first-order valence-corrected chi connectivity index (χ1v) is 6.18. The molecule has 0 heterocycles. The molecule has 4 nitrogen and oxygen atoms in total. The fraction of sp³-hybridized carbons (Fsp3) is 0.188. The van der Waals surface area contributed by atoms with Crippen molar-refractivity contribution >= 4 is 0 Å². The van der Waals surface area contributed by atoms with Gasteiger partial charge in [-0.15, -0.1) is 0 Å². The average molecular weight is 269 g/mol. The van der Waals surface area contributed by atoms with Gasteiger partial charge in [-0.3, -0.25) is 0 Å². The van der Waals surface area contributed by atoms with Gasteiger partial charge in [0.05, 0.1) is 24.8 Å². The highest BCUT2D eigenvalue weighted by atomic mass is 16.5. The minimum absolute atomic E-state index is 0.503. The van der Waals surface area contributed by atoms with Crippen molar-refractivity contribution in [1.82, 2.24) is 0 Å². The SMILES string of the molecule is COc1cc(C#N)ccc1Oc1ccc([C@@H](C)O)cc1. The Balaban J connectivity index is 2.23. The number of hydrogen-bond acceptors (Lipinski definition) is 4. The molecule has 0 amide bonds. The van der Waals surface area contributed by atoms with E-state index in [2.05, 4.69) is 0 Å². The van der Waals surface area contributed by atoms with Crippen LogP contribution in [-0.4, -0.2) is 12.2 Å². The molecule has 0 saturated heterocycles. The van der Waals surface area contributed by atoms with Crippen LogP contribution in [0.5, 0.6) is 17.2 Å². The Morgan fingerprint density at radius 1 is 1.10 bits per heavy atom. The van der Waals surface area contributed by atoms with Gasteiger partial charge < -0.3 is 14.6 Å². The molecule has 1 atom stereocenters. The second-order valence-corrected chi connectivity index (χ2v) is 4.32. The molecule has 0 spiro atoms. The Bertz CT molecular complexity index is 627. The van der Waals surface area contributed by atoms with Gasteiger partial charge in [0, 0.05) is 6.07 Å². The highest BCUT2D eigenvalue weighted by Gasteiger charge is 2.07. The van der Waals surface area contributed by atoms with Gasteiger partial charge in [0.1, 0.15) is 5.75 Å².